The molecule has 0 aromatic carbocycles. The minimum atomic E-state index is -0.892. The fourth-order valence-electron chi connectivity index (χ4n) is 1.62. The van der Waals surface area contributed by atoms with Crippen LogP contribution in [0, 0.1) is 12.8 Å². The minimum absolute atomic E-state index is 0.326. The van der Waals surface area contributed by atoms with Crippen molar-refractivity contribution in [1.82, 2.24) is 0 Å². The van der Waals surface area contributed by atoms with Crippen molar-refractivity contribution in [3.05, 3.63) is 15.8 Å². The summed E-state index contributed by atoms with van der Waals surface area (Å²) < 4.78 is 5.60. The fourth-order valence-corrected chi connectivity index (χ4v) is 2.45. The Kier molecular flexibility index (Phi) is 2.95. The molecule has 0 aliphatic heterocycles. The summed E-state index contributed by atoms with van der Waals surface area (Å²) >= 11 is 1.24. The number of hydrogen-bond acceptors (Lipinski definition) is 3. The zero-order chi connectivity index (χ0) is 10.8. The smallest absolute Gasteiger partial charge is 0.349 e. The molecular weight excluding hydrogens is 212 g/mol. The lowest BCUT2D eigenvalue weighted by Gasteiger charge is -2.25. The van der Waals surface area contributed by atoms with Crippen LogP contribution in [0.4, 0.5) is 0 Å². The summed E-state index contributed by atoms with van der Waals surface area (Å²) in [5.41, 5.74) is 0.928. The van der Waals surface area contributed by atoms with Crippen molar-refractivity contribution in [3.63, 3.8) is 0 Å². The lowest BCUT2D eigenvalue weighted by atomic mass is 9.86. The first-order chi connectivity index (χ1) is 7.18. The molecule has 0 atom stereocenters. The molecule has 0 amide bonds. The van der Waals surface area contributed by atoms with E-state index in [1.165, 1.54) is 30.6 Å². The van der Waals surface area contributed by atoms with Crippen molar-refractivity contribution < 1.29 is 14.6 Å². The van der Waals surface area contributed by atoms with Crippen molar-refractivity contribution in [2.75, 3.05) is 6.61 Å². The summed E-state index contributed by atoms with van der Waals surface area (Å²) in [4.78, 5) is 11.2. The third kappa shape index (κ3) is 2.15. The summed E-state index contributed by atoms with van der Waals surface area (Å²) in [6.45, 7) is 2.55. The molecule has 0 radical (unpaired) electrons. The summed E-state index contributed by atoms with van der Waals surface area (Å²) in [6, 6.07) is 0. The van der Waals surface area contributed by atoms with E-state index >= 15 is 0 Å². The maximum absolute atomic E-state index is 10.9. The van der Waals surface area contributed by atoms with Gasteiger partial charge in [0.25, 0.3) is 0 Å². The Morgan fingerprint density at radius 2 is 2.40 bits per heavy atom. The number of carboxylic acids is 1. The van der Waals surface area contributed by atoms with Gasteiger partial charge in [-0.3, -0.25) is 0 Å². The van der Waals surface area contributed by atoms with Crippen molar-refractivity contribution >= 4 is 17.3 Å². The first kappa shape index (κ1) is 10.5. The van der Waals surface area contributed by atoms with E-state index < -0.39 is 5.97 Å². The van der Waals surface area contributed by atoms with Crippen LogP contribution in [0.1, 0.15) is 34.5 Å². The Hall–Kier alpha value is -1.03. The van der Waals surface area contributed by atoms with Gasteiger partial charge in [0, 0.05) is 5.56 Å². The highest BCUT2D eigenvalue weighted by atomic mass is 32.1. The third-order valence-corrected chi connectivity index (χ3v) is 3.87. The van der Waals surface area contributed by atoms with Gasteiger partial charge in [0.1, 0.15) is 5.75 Å². The average molecular weight is 226 g/mol. The van der Waals surface area contributed by atoms with E-state index in [4.69, 9.17) is 9.84 Å². The molecule has 1 aromatic rings. The largest absolute Gasteiger partial charge is 0.491 e. The van der Waals surface area contributed by atoms with Gasteiger partial charge in [0.05, 0.1) is 6.61 Å². The van der Waals surface area contributed by atoms with Gasteiger partial charge in [-0.05, 0) is 31.1 Å². The molecule has 1 aliphatic rings. The molecule has 1 aromatic heterocycles. The Morgan fingerprint density at radius 3 is 2.93 bits per heavy atom. The topological polar surface area (TPSA) is 46.5 Å². The van der Waals surface area contributed by atoms with Crippen molar-refractivity contribution in [2.45, 2.75) is 26.2 Å². The zero-order valence-electron chi connectivity index (χ0n) is 8.66. The number of carboxylic acid groups (broad SMARTS) is 1. The number of aromatic carboxylic acids is 1. The average Bonchev–Trinajstić information content (AvgIpc) is 2.45. The van der Waals surface area contributed by atoms with Crippen molar-refractivity contribution in [3.8, 4) is 5.75 Å². The van der Waals surface area contributed by atoms with Crippen LogP contribution >= 0.6 is 11.3 Å². The minimum Gasteiger partial charge on any atom is -0.491 e. The Bertz CT molecular complexity index is 366. The van der Waals surface area contributed by atoms with E-state index in [1.54, 1.807) is 0 Å². The lowest BCUT2D eigenvalue weighted by molar-refractivity contribution is 0.0695. The third-order valence-electron chi connectivity index (χ3n) is 2.80. The number of ether oxygens (including phenoxy) is 1. The van der Waals surface area contributed by atoms with E-state index in [2.05, 4.69) is 0 Å². The molecule has 0 saturated heterocycles. The molecule has 82 valence electrons. The molecule has 1 aliphatic carbocycles. The van der Waals surface area contributed by atoms with Crippen LogP contribution in [0.2, 0.25) is 0 Å². The van der Waals surface area contributed by atoms with E-state index in [0.29, 0.717) is 23.2 Å². The molecule has 3 nitrogen and oxygen atoms in total. The summed E-state index contributed by atoms with van der Waals surface area (Å²) in [7, 11) is 0. The molecule has 0 bridgehead atoms. The number of thiophene rings is 1. The summed E-state index contributed by atoms with van der Waals surface area (Å²) in [5, 5.41) is 10.8. The lowest BCUT2D eigenvalue weighted by Crippen LogP contribution is -2.19. The van der Waals surface area contributed by atoms with Crippen LogP contribution in [0.3, 0.4) is 0 Å². The van der Waals surface area contributed by atoms with Gasteiger partial charge >= 0.3 is 5.97 Å². The Balaban J connectivity index is 2.04. The number of hydrogen-bond donors (Lipinski definition) is 1. The van der Waals surface area contributed by atoms with Crippen molar-refractivity contribution in [1.29, 1.82) is 0 Å². The first-order valence-electron chi connectivity index (χ1n) is 5.12. The van der Waals surface area contributed by atoms with Gasteiger partial charge < -0.3 is 9.84 Å². The Labute approximate surface area is 92.7 Å². The molecule has 1 heterocycles. The van der Waals surface area contributed by atoms with Gasteiger partial charge in [0.2, 0.25) is 0 Å². The van der Waals surface area contributed by atoms with Gasteiger partial charge in [-0.25, -0.2) is 4.79 Å². The van der Waals surface area contributed by atoms with Gasteiger partial charge in [-0.15, -0.1) is 11.3 Å². The highest BCUT2D eigenvalue weighted by Crippen LogP contribution is 2.32. The maximum atomic E-state index is 10.9. The normalized spacial score (nSPS) is 16.1. The number of carbonyl (C=O) groups is 1. The van der Waals surface area contributed by atoms with Crippen LogP contribution in [-0.4, -0.2) is 17.7 Å². The van der Waals surface area contributed by atoms with E-state index in [-0.39, 0.29) is 0 Å². The molecule has 2 rings (SSSR count). The van der Waals surface area contributed by atoms with Crippen molar-refractivity contribution in [2.24, 2.45) is 5.92 Å². The SMILES string of the molecule is Cc1csc(C(=O)O)c1OCC1CCC1. The first-order valence-corrected chi connectivity index (χ1v) is 6.00. The highest BCUT2D eigenvalue weighted by Gasteiger charge is 2.21. The zero-order valence-corrected chi connectivity index (χ0v) is 9.47. The molecule has 0 unspecified atom stereocenters. The fraction of sp³-hybridized carbons (Fsp3) is 0.545. The quantitative estimate of drug-likeness (QED) is 0.858. The van der Waals surface area contributed by atoms with Crippen LogP contribution in [0.5, 0.6) is 5.75 Å². The van der Waals surface area contributed by atoms with Gasteiger partial charge in [-0.2, -0.15) is 0 Å². The molecule has 0 spiro atoms. The standard InChI is InChI=1S/C11H14O3S/c1-7-6-15-10(11(12)13)9(7)14-5-8-3-2-4-8/h6,8H,2-5H2,1H3,(H,12,13). The predicted octanol–water partition coefficient (Wildman–Crippen LogP) is 2.93. The van der Waals surface area contributed by atoms with E-state index in [1.807, 2.05) is 12.3 Å². The molecular formula is C11H14O3S. The van der Waals surface area contributed by atoms with Gasteiger partial charge in [0.15, 0.2) is 4.88 Å². The maximum Gasteiger partial charge on any atom is 0.349 e. The van der Waals surface area contributed by atoms with E-state index in [9.17, 15) is 4.79 Å². The second-order valence-corrected chi connectivity index (χ2v) is 4.87. The van der Waals surface area contributed by atoms with E-state index in [0.717, 1.165) is 5.56 Å². The second kappa shape index (κ2) is 4.23. The molecule has 4 heteroatoms. The monoisotopic (exact) mass is 226 g/mol. The van der Waals surface area contributed by atoms with Crippen LogP contribution < -0.4 is 4.74 Å². The summed E-state index contributed by atoms with van der Waals surface area (Å²) in [5.74, 6) is 0.307. The predicted molar refractivity (Wildman–Crippen MR) is 58.9 cm³/mol. The molecule has 15 heavy (non-hydrogen) atoms. The Morgan fingerprint density at radius 1 is 1.67 bits per heavy atom. The van der Waals surface area contributed by atoms with Crippen LogP contribution in [0.15, 0.2) is 5.38 Å². The summed E-state index contributed by atoms with van der Waals surface area (Å²) in [6.07, 6.45) is 3.71. The van der Waals surface area contributed by atoms with Crippen LogP contribution in [0.25, 0.3) is 0 Å². The van der Waals surface area contributed by atoms with Crippen LogP contribution in [-0.2, 0) is 0 Å². The van der Waals surface area contributed by atoms with Gasteiger partial charge in [-0.1, -0.05) is 6.42 Å². The molecule has 1 N–H and O–H groups in total. The number of aryl methyl sites for hydroxylation is 1. The second-order valence-electron chi connectivity index (χ2n) is 3.99. The highest BCUT2D eigenvalue weighted by molar-refractivity contribution is 7.12. The number of rotatable bonds is 4. The molecule has 1 fully saturated rings. The molecule has 1 saturated carbocycles.